The van der Waals surface area contributed by atoms with E-state index in [1.165, 1.54) is 7.05 Å². The first-order chi connectivity index (χ1) is 7.49. The second-order valence-electron chi connectivity index (χ2n) is 3.37. The Morgan fingerprint density at radius 1 is 1.25 bits per heavy atom. The molecule has 0 aromatic carbocycles. The highest BCUT2D eigenvalue weighted by atomic mass is 16.5. The molecule has 0 aromatic heterocycles. The van der Waals surface area contributed by atoms with E-state index < -0.39 is 5.97 Å². The molecule has 0 bridgehead atoms. The number of carbonyl (C=O) groups is 3. The number of rotatable bonds is 7. The lowest BCUT2D eigenvalue weighted by Gasteiger charge is -2.13. The highest BCUT2D eigenvalue weighted by Crippen LogP contribution is 1.92. The Labute approximate surface area is 94.9 Å². The predicted molar refractivity (Wildman–Crippen MR) is 57.8 cm³/mol. The van der Waals surface area contributed by atoms with E-state index in [1.807, 2.05) is 0 Å². The third-order valence-electron chi connectivity index (χ3n) is 1.79. The van der Waals surface area contributed by atoms with E-state index in [2.05, 4.69) is 10.1 Å². The van der Waals surface area contributed by atoms with Crippen molar-refractivity contribution in [1.29, 1.82) is 0 Å². The van der Waals surface area contributed by atoms with Gasteiger partial charge in [-0.05, 0) is 14.0 Å². The van der Waals surface area contributed by atoms with Crippen LogP contribution < -0.4 is 5.32 Å². The molecule has 0 unspecified atom stereocenters. The molecule has 0 saturated heterocycles. The van der Waals surface area contributed by atoms with E-state index in [-0.39, 0.29) is 37.8 Å². The molecule has 0 aliphatic rings. The number of carbonyl (C=O) groups excluding carboxylic acids is 3. The molecular formula is C10H18N2O4. The fourth-order valence-corrected chi connectivity index (χ4v) is 1.11. The molecule has 0 spiro atoms. The second kappa shape index (κ2) is 7.81. The summed E-state index contributed by atoms with van der Waals surface area (Å²) >= 11 is 0. The number of Topliss-reactive ketones (excluding diaryl/α,β-unsaturated/α-hetero) is 1. The Bertz CT molecular complexity index is 266. The number of ether oxygens (including phenoxy) is 1. The van der Waals surface area contributed by atoms with Crippen molar-refractivity contribution in [1.82, 2.24) is 10.2 Å². The Morgan fingerprint density at radius 2 is 1.88 bits per heavy atom. The molecule has 92 valence electrons. The van der Waals surface area contributed by atoms with E-state index in [0.717, 1.165) is 0 Å². The average molecular weight is 230 g/mol. The molecule has 0 aliphatic carbocycles. The van der Waals surface area contributed by atoms with Crippen molar-refractivity contribution in [3.63, 3.8) is 0 Å². The number of hydrogen-bond donors (Lipinski definition) is 1. The summed E-state index contributed by atoms with van der Waals surface area (Å²) in [6, 6.07) is 0. The van der Waals surface area contributed by atoms with Crippen molar-refractivity contribution < 1.29 is 19.1 Å². The first-order valence-corrected chi connectivity index (χ1v) is 5.06. The maximum atomic E-state index is 11.3. The van der Waals surface area contributed by atoms with Gasteiger partial charge in [-0.1, -0.05) is 0 Å². The number of ketones is 1. The van der Waals surface area contributed by atoms with Gasteiger partial charge in [0.05, 0.1) is 19.7 Å². The summed E-state index contributed by atoms with van der Waals surface area (Å²) in [7, 11) is 3.16. The van der Waals surface area contributed by atoms with Crippen LogP contribution >= 0.6 is 0 Å². The van der Waals surface area contributed by atoms with Gasteiger partial charge in [-0.3, -0.25) is 19.3 Å². The Balaban J connectivity index is 3.86. The van der Waals surface area contributed by atoms with Crippen LogP contribution in [0.15, 0.2) is 0 Å². The largest absolute Gasteiger partial charge is 0.466 e. The van der Waals surface area contributed by atoms with Crippen LogP contribution in [0.25, 0.3) is 0 Å². The van der Waals surface area contributed by atoms with Crippen LogP contribution in [0.3, 0.4) is 0 Å². The van der Waals surface area contributed by atoms with Crippen LogP contribution in [-0.2, 0) is 19.1 Å². The average Bonchev–Trinajstić information content (AvgIpc) is 2.16. The van der Waals surface area contributed by atoms with E-state index in [4.69, 9.17) is 0 Å². The third-order valence-corrected chi connectivity index (χ3v) is 1.79. The molecule has 0 fully saturated rings. The van der Waals surface area contributed by atoms with Crippen molar-refractivity contribution in [3.05, 3.63) is 0 Å². The zero-order valence-electron chi connectivity index (χ0n) is 9.91. The number of esters is 1. The van der Waals surface area contributed by atoms with Crippen LogP contribution in [0, 0.1) is 0 Å². The Hall–Kier alpha value is -1.43. The quantitative estimate of drug-likeness (QED) is 0.457. The van der Waals surface area contributed by atoms with Gasteiger partial charge < -0.3 is 10.1 Å². The Morgan fingerprint density at radius 3 is 2.38 bits per heavy atom. The molecular weight excluding hydrogens is 212 g/mol. The summed E-state index contributed by atoms with van der Waals surface area (Å²) in [6.45, 7) is 2.14. The van der Waals surface area contributed by atoms with Crippen molar-refractivity contribution in [2.75, 3.05) is 33.8 Å². The molecule has 1 N–H and O–H groups in total. The fraction of sp³-hybridized carbons (Fsp3) is 0.700. The fourth-order valence-electron chi connectivity index (χ4n) is 1.11. The van der Waals surface area contributed by atoms with Gasteiger partial charge in [-0.25, -0.2) is 0 Å². The highest BCUT2D eigenvalue weighted by Gasteiger charge is 2.13. The molecule has 6 nitrogen and oxygen atoms in total. The summed E-state index contributed by atoms with van der Waals surface area (Å²) in [5.74, 6) is -0.961. The van der Waals surface area contributed by atoms with E-state index in [9.17, 15) is 14.4 Å². The molecule has 16 heavy (non-hydrogen) atoms. The Kier molecular flexibility index (Phi) is 7.11. The minimum atomic E-state index is -0.527. The predicted octanol–water partition coefficient (Wildman–Crippen LogP) is -0.813. The number of nitrogens with zero attached hydrogens (tertiary/aromatic N) is 1. The molecule has 0 aromatic rings. The van der Waals surface area contributed by atoms with Gasteiger partial charge in [-0.2, -0.15) is 0 Å². The molecule has 0 saturated carbocycles. The minimum Gasteiger partial charge on any atom is -0.466 e. The molecule has 0 atom stereocenters. The molecule has 0 aliphatic heterocycles. The summed E-state index contributed by atoms with van der Waals surface area (Å²) in [4.78, 5) is 34.8. The number of nitrogens with one attached hydrogen (secondary N) is 1. The van der Waals surface area contributed by atoms with Gasteiger partial charge in [0.1, 0.15) is 6.42 Å². The van der Waals surface area contributed by atoms with Crippen molar-refractivity contribution in [2.24, 2.45) is 0 Å². The van der Waals surface area contributed by atoms with E-state index in [0.29, 0.717) is 0 Å². The molecule has 0 heterocycles. The summed E-state index contributed by atoms with van der Waals surface area (Å²) in [5.41, 5.74) is 0. The summed E-state index contributed by atoms with van der Waals surface area (Å²) in [5, 5.41) is 2.45. The normalized spacial score (nSPS) is 10.0. The SMILES string of the molecule is CCOC(=O)CC(=O)CN(C)CC(=O)NC. The number of hydrogen-bond acceptors (Lipinski definition) is 5. The topological polar surface area (TPSA) is 75.7 Å². The van der Waals surface area contributed by atoms with Crippen molar-refractivity contribution in [3.8, 4) is 0 Å². The second-order valence-corrected chi connectivity index (χ2v) is 3.37. The number of likely N-dealkylation sites (N-methyl/N-ethyl adjacent to an activating group) is 2. The van der Waals surface area contributed by atoms with Crippen LogP contribution in [0.4, 0.5) is 0 Å². The lowest BCUT2D eigenvalue weighted by Crippen LogP contribution is -2.36. The zero-order valence-corrected chi connectivity index (χ0v) is 9.91. The van der Waals surface area contributed by atoms with E-state index >= 15 is 0 Å². The lowest BCUT2D eigenvalue weighted by atomic mass is 10.2. The number of amides is 1. The maximum absolute atomic E-state index is 11.3. The van der Waals surface area contributed by atoms with Gasteiger partial charge in [0, 0.05) is 7.05 Å². The zero-order chi connectivity index (χ0) is 12.6. The summed E-state index contributed by atoms with van der Waals surface area (Å²) in [6.07, 6.45) is -0.244. The first-order valence-electron chi connectivity index (χ1n) is 5.06. The maximum Gasteiger partial charge on any atom is 0.313 e. The van der Waals surface area contributed by atoms with Crippen LogP contribution in [0.5, 0.6) is 0 Å². The van der Waals surface area contributed by atoms with Crippen LogP contribution in [0.1, 0.15) is 13.3 Å². The minimum absolute atomic E-state index is 0.0617. The van der Waals surface area contributed by atoms with Gasteiger partial charge in [0.25, 0.3) is 0 Å². The van der Waals surface area contributed by atoms with Gasteiger partial charge >= 0.3 is 5.97 Å². The van der Waals surface area contributed by atoms with Crippen LogP contribution in [0.2, 0.25) is 0 Å². The third kappa shape index (κ3) is 6.94. The lowest BCUT2D eigenvalue weighted by molar-refractivity contribution is -0.145. The smallest absolute Gasteiger partial charge is 0.313 e. The van der Waals surface area contributed by atoms with Crippen molar-refractivity contribution >= 4 is 17.7 Å². The standard InChI is InChI=1S/C10H18N2O4/c1-4-16-10(15)5-8(13)6-12(3)7-9(14)11-2/h4-7H2,1-3H3,(H,11,14). The van der Waals surface area contributed by atoms with Crippen LogP contribution in [-0.4, -0.2) is 56.4 Å². The molecule has 0 radical (unpaired) electrons. The first kappa shape index (κ1) is 14.6. The molecule has 1 amide bonds. The van der Waals surface area contributed by atoms with Gasteiger partial charge in [0.2, 0.25) is 5.91 Å². The highest BCUT2D eigenvalue weighted by molar-refractivity contribution is 5.96. The van der Waals surface area contributed by atoms with Crippen molar-refractivity contribution in [2.45, 2.75) is 13.3 Å². The molecule has 0 rings (SSSR count). The molecule has 6 heteroatoms. The van der Waals surface area contributed by atoms with Gasteiger partial charge in [0.15, 0.2) is 5.78 Å². The van der Waals surface area contributed by atoms with Gasteiger partial charge in [-0.15, -0.1) is 0 Å². The summed E-state index contributed by atoms with van der Waals surface area (Å²) < 4.78 is 4.64. The monoisotopic (exact) mass is 230 g/mol. The van der Waals surface area contributed by atoms with E-state index in [1.54, 1.807) is 18.9 Å².